The van der Waals surface area contributed by atoms with E-state index in [2.05, 4.69) is 16.2 Å². The number of benzene rings is 1. The van der Waals surface area contributed by atoms with Crippen molar-refractivity contribution in [2.75, 3.05) is 33.9 Å². The van der Waals surface area contributed by atoms with Crippen LogP contribution in [-0.4, -0.2) is 62.7 Å². The first-order valence-corrected chi connectivity index (χ1v) is 9.78. The van der Waals surface area contributed by atoms with E-state index in [1.165, 1.54) is 0 Å². The van der Waals surface area contributed by atoms with Crippen molar-refractivity contribution in [3.05, 3.63) is 29.8 Å². The summed E-state index contributed by atoms with van der Waals surface area (Å²) < 4.78 is 10.5. The molecular formula is C20H30N4O4. The van der Waals surface area contributed by atoms with Gasteiger partial charge >= 0.3 is 0 Å². The molecular weight excluding hydrogens is 360 g/mol. The first-order valence-electron chi connectivity index (χ1n) is 9.78. The third-order valence-electron chi connectivity index (χ3n) is 5.38. The molecule has 28 heavy (non-hydrogen) atoms. The van der Waals surface area contributed by atoms with Gasteiger partial charge in [0.1, 0.15) is 5.75 Å². The van der Waals surface area contributed by atoms with Crippen LogP contribution in [0.2, 0.25) is 0 Å². The number of methoxy groups -OCH3 is 2. The summed E-state index contributed by atoms with van der Waals surface area (Å²) in [6.45, 7) is 2.09. The third-order valence-corrected chi connectivity index (χ3v) is 5.38. The second kappa shape index (κ2) is 9.86. The fraction of sp³-hybridized carbons (Fsp3) is 0.600. The number of amides is 2. The zero-order chi connectivity index (χ0) is 19.9. The lowest BCUT2D eigenvalue weighted by Gasteiger charge is -2.32. The van der Waals surface area contributed by atoms with Gasteiger partial charge in [-0.3, -0.25) is 20.4 Å². The van der Waals surface area contributed by atoms with Crippen LogP contribution in [0, 0.1) is 5.92 Å². The van der Waals surface area contributed by atoms with Crippen molar-refractivity contribution >= 4 is 11.8 Å². The van der Waals surface area contributed by atoms with E-state index in [1.807, 2.05) is 24.3 Å². The van der Waals surface area contributed by atoms with Crippen LogP contribution in [0.1, 0.15) is 24.8 Å². The molecule has 2 fully saturated rings. The summed E-state index contributed by atoms with van der Waals surface area (Å²) in [7, 11) is 3.30. The fourth-order valence-electron chi connectivity index (χ4n) is 3.83. The minimum atomic E-state index is -0.184. The van der Waals surface area contributed by atoms with Crippen molar-refractivity contribution in [2.24, 2.45) is 5.92 Å². The Kier molecular flexibility index (Phi) is 7.24. The van der Waals surface area contributed by atoms with Gasteiger partial charge in [-0.25, -0.2) is 0 Å². The molecule has 2 amide bonds. The molecule has 2 saturated heterocycles. The van der Waals surface area contributed by atoms with Gasteiger partial charge in [0.05, 0.1) is 19.6 Å². The molecule has 1 aromatic rings. The smallest absolute Gasteiger partial charge is 0.224 e. The number of hydrazine groups is 1. The number of likely N-dealkylation sites (tertiary alicyclic amines) is 1. The lowest BCUT2D eigenvalue weighted by Crippen LogP contribution is -2.47. The Morgan fingerprint density at radius 3 is 2.82 bits per heavy atom. The molecule has 2 heterocycles. The fourth-order valence-corrected chi connectivity index (χ4v) is 3.83. The minimum absolute atomic E-state index is 0.00881. The lowest BCUT2D eigenvalue weighted by atomic mass is 9.96. The minimum Gasteiger partial charge on any atom is -0.496 e. The van der Waals surface area contributed by atoms with Crippen molar-refractivity contribution in [3.8, 4) is 5.75 Å². The Bertz CT molecular complexity index is 684. The van der Waals surface area contributed by atoms with E-state index in [-0.39, 0.29) is 29.8 Å². The molecule has 0 aliphatic carbocycles. The maximum atomic E-state index is 12.6. The van der Waals surface area contributed by atoms with E-state index >= 15 is 0 Å². The number of hydrogen-bond donors (Lipinski definition) is 3. The van der Waals surface area contributed by atoms with Crippen LogP contribution in [0.15, 0.2) is 24.3 Å². The molecule has 2 aliphatic rings. The predicted octanol–water partition coefficient (Wildman–Crippen LogP) is 0.432. The van der Waals surface area contributed by atoms with E-state index in [0.29, 0.717) is 39.1 Å². The number of ether oxygens (including phenoxy) is 2. The monoisotopic (exact) mass is 390 g/mol. The first-order chi connectivity index (χ1) is 13.6. The number of carbonyl (C=O) groups excluding carboxylic acids is 2. The van der Waals surface area contributed by atoms with Gasteiger partial charge in [-0.1, -0.05) is 18.2 Å². The second-order valence-corrected chi connectivity index (χ2v) is 7.44. The van der Waals surface area contributed by atoms with Crippen molar-refractivity contribution in [1.82, 2.24) is 21.1 Å². The SMILES string of the molecule is COCC1CC(CNC(=O)C2CCC(=O)N(Cc3ccccc3OC)C2)NN1. The molecule has 0 radical (unpaired) electrons. The predicted molar refractivity (Wildman–Crippen MR) is 104 cm³/mol. The summed E-state index contributed by atoms with van der Waals surface area (Å²) in [5.74, 6) is 0.664. The summed E-state index contributed by atoms with van der Waals surface area (Å²) in [6.07, 6.45) is 1.89. The molecule has 1 aromatic carbocycles. The van der Waals surface area contributed by atoms with Crippen LogP contribution >= 0.6 is 0 Å². The molecule has 8 heteroatoms. The molecule has 0 aromatic heterocycles. The van der Waals surface area contributed by atoms with Crippen molar-refractivity contribution in [1.29, 1.82) is 0 Å². The van der Waals surface area contributed by atoms with Gasteiger partial charge in [-0.2, -0.15) is 0 Å². The highest BCUT2D eigenvalue weighted by Crippen LogP contribution is 2.24. The van der Waals surface area contributed by atoms with E-state index in [9.17, 15) is 9.59 Å². The number of rotatable bonds is 8. The van der Waals surface area contributed by atoms with Crippen molar-refractivity contribution < 1.29 is 19.1 Å². The van der Waals surface area contributed by atoms with Gasteiger partial charge in [-0.05, 0) is 18.9 Å². The number of hydrogen-bond acceptors (Lipinski definition) is 6. The lowest BCUT2D eigenvalue weighted by molar-refractivity contribution is -0.138. The van der Waals surface area contributed by atoms with Gasteiger partial charge in [-0.15, -0.1) is 0 Å². The van der Waals surface area contributed by atoms with Gasteiger partial charge in [0.2, 0.25) is 11.8 Å². The Hall–Kier alpha value is -2.16. The van der Waals surface area contributed by atoms with E-state index in [0.717, 1.165) is 17.7 Å². The quantitative estimate of drug-likeness (QED) is 0.596. The van der Waals surface area contributed by atoms with Crippen LogP contribution in [0.5, 0.6) is 5.75 Å². The number of carbonyl (C=O) groups is 2. The average Bonchev–Trinajstić information content (AvgIpc) is 3.16. The molecule has 8 nitrogen and oxygen atoms in total. The van der Waals surface area contributed by atoms with Crippen LogP contribution in [0.3, 0.4) is 0 Å². The molecule has 2 aliphatic heterocycles. The molecule has 3 rings (SSSR count). The van der Waals surface area contributed by atoms with Gasteiger partial charge < -0.3 is 19.7 Å². The zero-order valence-electron chi connectivity index (χ0n) is 16.6. The summed E-state index contributed by atoms with van der Waals surface area (Å²) in [6, 6.07) is 8.10. The summed E-state index contributed by atoms with van der Waals surface area (Å²) in [4.78, 5) is 26.8. The maximum Gasteiger partial charge on any atom is 0.224 e. The normalized spacial score (nSPS) is 25.0. The molecule has 3 atom stereocenters. The maximum absolute atomic E-state index is 12.6. The molecule has 0 saturated carbocycles. The third kappa shape index (κ3) is 5.21. The number of para-hydroxylation sites is 1. The van der Waals surface area contributed by atoms with Gasteiger partial charge in [0, 0.05) is 50.8 Å². The van der Waals surface area contributed by atoms with Crippen molar-refractivity contribution in [2.45, 2.75) is 37.9 Å². The van der Waals surface area contributed by atoms with E-state index in [4.69, 9.17) is 9.47 Å². The van der Waals surface area contributed by atoms with Crippen molar-refractivity contribution in [3.63, 3.8) is 0 Å². The highest BCUT2D eigenvalue weighted by atomic mass is 16.5. The Morgan fingerprint density at radius 1 is 1.25 bits per heavy atom. The molecule has 3 N–H and O–H groups in total. The Morgan fingerprint density at radius 2 is 2.04 bits per heavy atom. The molecule has 0 bridgehead atoms. The van der Waals surface area contributed by atoms with Gasteiger partial charge in [0.25, 0.3) is 0 Å². The standard InChI is InChI=1S/C20H30N4O4/c1-27-13-17-9-16(22-23-17)10-21-20(26)15-7-8-19(25)24(12-15)11-14-5-3-4-6-18(14)28-2/h3-6,15-17,22-23H,7-13H2,1-2H3,(H,21,26). The molecule has 0 spiro atoms. The highest BCUT2D eigenvalue weighted by Gasteiger charge is 2.31. The van der Waals surface area contributed by atoms with Gasteiger partial charge in [0.15, 0.2) is 0 Å². The molecule has 3 unspecified atom stereocenters. The second-order valence-electron chi connectivity index (χ2n) is 7.44. The first kappa shape index (κ1) is 20.6. The summed E-state index contributed by atoms with van der Waals surface area (Å²) in [5.41, 5.74) is 7.31. The topological polar surface area (TPSA) is 91.9 Å². The van der Waals surface area contributed by atoms with Crippen LogP contribution in [0.25, 0.3) is 0 Å². The summed E-state index contributed by atoms with van der Waals surface area (Å²) in [5, 5.41) is 3.03. The average molecular weight is 390 g/mol. The number of nitrogens with zero attached hydrogens (tertiary/aromatic N) is 1. The number of nitrogens with one attached hydrogen (secondary N) is 3. The molecule has 154 valence electrons. The van der Waals surface area contributed by atoms with Crippen LogP contribution in [0.4, 0.5) is 0 Å². The van der Waals surface area contributed by atoms with Crippen LogP contribution in [-0.2, 0) is 20.9 Å². The van der Waals surface area contributed by atoms with E-state index < -0.39 is 0 Å². The van der Waals surface area contributed by atoms with E-state index in [1.54, 1.807) is 19.1 Å². The largest absolute Gasteiger partial charge is 0.496 e. The van der Waals surface area contributed by atoms with Crippen LogP contribution < -0.4 is 20.9 Å². The zero-order valence-corrected chi connectivity index (χ0v) is 16.6. The Balaban J connectivity index is 1.51. The summed E-state index contributed by atoms with van der Waals surface area (Å²) >= 11 is 0. The number of piperidine rings is 1. The Labute approximate surface area is 165 Å². The highest BCUT2D eigenvalue weighted by molar-refractivity contribution is 5.83.